The second-order valence-corrected chi connectivity index (χ2v) is 3.03. The number of nitrogens with one attached hydrogen (secondary N) is 1. The number of hydrogen-bond acceptors (Lipinski definition) is 5. The van der Waals surface area contributed by atoms with Gasteiger partial charge in [0.1, 0.15) is 6.07 Å². The Morgan fingerprint density at radius 2 is 2.21 bits per heavy atom. The Morgan fingerprint density at radius 3 is 2.71 bits per heavy atom. The fraction of sp³-hybridized carbons (Fsp3) is 0.143. The van der Waals surface area contributed by atoms with Crippen molar-refractivity contribution < 1.29 is 8.42 Å². The van der Waals surface area contributed by atoms with Crippen molar-refractivity contribution in [1.82, 2.24) is 4.98 Å². The van der Waals surface area contributed by atoms with Gasteiger partial charge in [0.2, 0.25) is 0 Å². The van der Waals surface area contributed by atoms with Gasteiger partial charge in [-0.25, -0.2) is 4.98 Å². The Hall–Kier alpha value is -1.08. The largest absolute Gasteiger partial charge is 1.00 e. The molecule has 0 aliphatic rings. The Morgan fingerprint density at radius 1 is 1.57 bits per heavy atom. The predicted octanol–water partition coefficient (Wildman–Crippen LogP) is 0.517. The van der Waals surface area contributed by atoms with E-state index in [1.165, 1.54) is 6.20 Å². The Balaban J connectivity index is 0.00000169. The summed E-state index contributed by atoms with van der Waals surface area (Å²) in [5.41, 5.74) is 1.05. The molecule has 1 aromatic rings. The van der Waals surface area contributed by atoms with Crippen LogP contribution in [-0.2, 0) is 19.3 Å². The molecule has 0 spiro atoms. The Bertz CT molecular complexity index is 431. The normalized spacial score (nSPS) is 8.93. The van der Waals surface area contributed by atoms with Crippen molar-refractivity contribution in [1.29, 1.82) is 5.26 Å². The van der Waals surface area contributed by atoms with E-state index in [1.807, 2.05) is 0 Å². The first-order valence-corrected chi connectivity index (χ1v) is 4.43. The fourth-order valence-electron chi connectivity index (χ4n) is 0.826. The third-order valence-corrected chi connectivity index (χ3v) is 1.71. The summed E-state index contributed by atoms with van der Waals surface area (Å²) in [5.74, 6) is 0. The van der Waals surface area contributed by atoms with Gasteiger partial charge >= 0.3 is 17.4 Å². The van der Waals surface area contributed by atoms with Gasteiger partial charge < -0.3 is 13.1 Å². The van der Waals surface area contributed by atoms with E-state index in [2.05, 4.69) is 9.71 Å². The SMILES string of the molecule is Cc1cnc(C#N)c(N[S-](=O)=O)c1.[Al+]. The minimum absolute atomic E-state index is 0. The summed E-state index contributed by atoms with van der Waals surface area (Å²) < 4.78 is 22.7. The third-order valence-electron chi connectivity index (χ3n) is 1.32. The van der Waals surface area contributed by atoms with Gasteiger partial charge in [0.15, 0.2) is 5.69 Å². The summed E-state index contributed by atoms with van der Waals surface area (Å²) in [4.78, 5) is 3.75. The summed E-state index contributed by atoms with van der Waals surface area (Å²) in [6, 6.07) is 3.32. The van der Waals surface area contributed by atoms with Gasteiger partial charge in [-0.2, -0.15) is 5.26 Å². The van der Waals surface area contributed by atoms with E-state index in [0.29, 0.717) is 0 Å². The smallest absolute Gasteiger partial charge is 0.417 e. The number of aryl methyl sites for hydroxylation is 1. The first-order chi connectivity index (χ1) is 6.13. The maximum absolute atomic E-state index is 10.3. The monoisotopic (exact) mass is 223 g/mol. The zero-order valence-corrected chi connectivity index (χ0v) is 9.32. The molecule has 0 bridgehead atoms. The van der Waals surface area contributed by atoms with Gasteiger partial charge in [-0.05, 0) is 18.6 Å². The summed E-state index contributed by atoms with van der Waals surface area (Å²) in [6.45, 7) is 1.76. The van der Waals surface area contributed by atoms with Gasteiger partial charge in [0.05, 0.1) is 5.69 Å². The van der Waals surface area contributed by atoms with Crippen molar-refractivity contribution in [3.8, 4) is 6.07 Å². The van der Waals surface area contributed by atoms with Crippen molar-refractivity contribution in [2.24, 2.45) is 0 Å². The van der Waals surface area contributed by atoms with E-state index in [0.717, 1.165) is 5.56 Å². The van der Waals surface area contributed by atoms with Crippen molar-refractivity contribution in [2.75, 3.05) is 4.72 Å². The molecule has 1 heterocycles. The maximum Gasteiger partial charge on any atom is 1.00 e. The summed E-state index contributed by atoms with van der Waals surface area (Å²) in [7, 11) is -2.43. The molecule has 0 saturated carbocycles. The zero-order chi connectivity index (χ0) is 9.84. The second kappa shape index (κ2) is 5.61. The van der Waals surface area contributed by atoms with E-state index in [-0.39, 0.29) is 28.7 Å². The number of nitrogens with zero attached hydrogens (tertiary/aromatic N) is 2. The number of anilines is 1. The molecule has 0 aliphatic heterocycles. The van der Waals surface area contributed by atoms with Crippen LogP contribution >= 0.6 is 0 Å². The van der Waals surface area contributed by atoms with E-state index < -0.39 is 10.9 Å². The van der Waals surface area contributed by atoms with E-state index in [1.54, 1.807) is 19.1 Å². The molecule has 0 unspecified atom stereocenters. The van der Waals surface area contributed by atoms with Crippen LogP contribution in [0, 0.1) is 18.3 Å². The molecule has 0 amide bonds. The molecule has 0 saturated heterocycles. The van der Waals surface area contributed by atoms with Crippen LogP contribution in [-0.4, -0.2) is 22.3 Å². The van der Waals surface area contributed by atoms with Crippen LogP contribution in [0.4, 0.5) is 5.69 Å². The minimum atomic E-state index is -2.43. The van der Waals surface area contributed by atoms with Gasteiger partial charge in [0.25, 0.3) is 0 Å². The number of pyridine rings is 1. The maximum atomic E-state index is 10.3. The van der Waals surface area contributed by atoms with Crippen LogP contribution in [0.15, 0.2) is 12.3 Å². The minimum Gasteiger partial charge on any atom is -0.417 e. The standard InChI is InChI=1S/C7H6N3O2S.Al/c1-5-2-6(10-13(11)12)7(3-8)9-4-5;/h2,4H,1H3,(H,10,11,12);/q-1;+1. The van der Waals surface area contributed by atoms with Crippen molar-refractivity contribution in [2.45, 2.75) is 6.92 Å². The molecular formula is C7H6AlN3O2S. The molecule has 5 nitrogen and oxygen atoms in total. The van der Waals surface area contributed by atoms with Crippen molar-refractivity contribution in [3.63, 3.8) is 0 Å². The number of nitriles is 1. The second-order valence-electron chi connectivity index (χ2n) is 2.36. The summed E-state index contributed by atoms with van der Waals surface area (Å²) >= 11 is 0. The predicted molar refractivity (Wildman–Crippen MR) is 51.8 cm³/mol. The molecule has 2 radical (unpaired) electrons. The Kier molecular flexibility index (Phi) is 5.18. The third kappa shape index (κ3) is 3.35. The first kappa shape index (κ1) is 12.9. The van der Waals surface area contributed by atoms with Gasteiger partial charge in [-0.15, -0.1) is 0 Å². The number of rotatable bonds is 2. The average Bonchev–Trinajstić information content (AvgIpc) is 2.03. The van der Waals surface area contributed by atoms with Crippen LogP contribution < -0.4 is 4.72 Å². The zero-order valence-electron chi connectivity index (χ0n) is 7.35. The topological polar surface area (TPSA) is 82.8 Å². The van der Waals surface area contributed by atoms with Crippen LogP contribution in [0.25, 0.3) is 0 Å². The molecule has 14 heavy (non-hydrogen) atoms. The fourth-order valence-corrected chi connectivity index (χ4v) is 1.16. The van der Waals surface area contributed by atoms with Crippen molar-refractivity contribution in [3.05, 3.63) is 23.5 Å². The molecule has 0 aliphatic carbocycles. The molecular weight excluding hydrogens is 217 g/mol. The molecule has 0 fully saturated rings. The van der Waals surface area contributed by atoms with Gasteiger partial charge in [0, 0.05) is 17.1 Å². The van der Waals surface area contributed by atoms with Crippen LogP contribution in [0.3, 0.4) is 0 Å². The van der Waals surface area contributed by atoms with Crippen LogP contribution in [0.1, 0.15) is 11.3 Å². The molecule has 1 aromatic heterocycles. The van der Waals surface area contributed by atoms with Gasteiger partial charge in [-0.3, -0.25) is 0 Å². The molecule has 0 atom stereocenters. The van der Waals surface area contributed by atoms with Crippen LogP contribution in [0.2, 0.25) is 0 Å². The van der Waals surface area contributed by atoms with E-state index in [4.69, 9.17) is 5.26 Å². The van der Waals surface area contributed by atoms with E-state index in [9.17, 15) is 8.42 Å². The molecule has 7 heteroatoms. The summed E-state index contributed by atoms with van der Waals surface area (Å²) in [5, 5.41) is 8.57. The molecule has 1 N–H and O–H groups in total. The molecule has 1 rings (SSSR count). The average molecular weight is 223 g/mol. The summed E-state index contributed by atoms with van der Waals surface area (Å²) in [6.07, 6.45) is 1.50. The molecule has 0 aromatic carbocycles. The van der Waals surface area contributed by atoms with Gasteiger partial charge in [-0.1, -0.05) is 0 Å². The molecule has 70 valence electrons. The number of hydrogen-bond donors (Lipinski definition) is 1. The first-order valence-electron chi connectivity index (χ1n) is 3.36. The number of aromatic nitrogens is 1. The Labute approximate surface area is 94.0 Å². The van der Waals surface area contributed by atoms with Crippen LogP contribution in [0.5, 0.6) is 0 Å². The van der Waals surface area contributed by atoms with E-state index >= 15 is 0 Å². The quantitative estimate of drug-likeness (QED) is 0.585. The van der Waals surface area contributed by atoms with Crippen molar-refractivity contribution >= 4 is 33.9 Å².